The third-order valence-corrected chi connectivity index (χ3v) is 4.75. The number of halogens is 1. The van der Waals surface area contributed by atoms with Crippen LogP contribution in [0.5, 0.6) is 11.5 Å². The van der Waals surface area contributed by atoms with Gasteiger partial charge in [-0.3, -0.25) is 9.59 Å². The molecule has 168 valence electrons. The maximum atomic E-state index is 12.4. The number of carbonyl (C=O) groups excluding carboxylic acids is 2. The summed E-state index contributed by atoms with van der Waals surface area (Å²) in [5, 5.41) is 7.21. The zero-order valence-corrected chi connectivity index (χ0v) is 18.5. The van der Waals surface area contributed by atoms with Crippen LogP contribution in [0.3, 0.4) is 0 Å². The van der Waals surface area contributed by atoms with E-state index in [2.05, 4.69) is 15.5 Å². The average molecular weight is 460 g/mol. The van der Waals surface area contributed by atoms with Gasteiger partial charge in [0.2, 0.25) is 11.7 Å². The van der Waals surface area contributed by atoms with Gasteiger partial charge in [-0.2, -0.15) is 4.98 Å². The lowest BCUT2D eigenvalue weighted by atomic mass is 10.0. The van der Waals surface area contributed by atoms with Gasteiger partial charge in [-0.25, -0.2) is 0 Å². The van der Waals surface area contributed by atoms with Crippen LogP contribution in [0.25, 0.3) is 11.4 Å². The summed E-state index contributed by atoms with van der Waals surface area (Å²) in [5.41, 5.74) is 1.33. The SMILES string of the molecule is COc1ccc(-c2noc(COC(=O)CC(NC(C)=O)c3ccc(Cl)cc3)n2)c(OC)c1. The minimum atomic E-state index is -0.556. The van der Waals surface area contributed by atoms with Crippen LogP contribution in [0.1, 0.15) is 30.8 Å². The molecule has 1 heterocycles. The maximum Gasteiger partial charge on any atom is 0.308 e. The zero-order chi connectivity index (χ0) is 23.1. The molecular weight excluding hydrogens is 438 g/mol. The molecule has 0 radical (unpaired) electrons. The first-order valence-corrected chi connectivity index (χ1v) is 10.0. The molecule has 3 aromatic rings. The van der Waals surface area contributed by atoms with Crippen LogP contribution in [0, 0.1) is 0 Å². The molecule has 1 atom stereocenters. The highest BCUT2D eigenvalue weighted by atomic mass is 35.5. The number of hydrogen-bond acceptors (Lipinski definition) is 8. The summed E-state index contributed by atoms with van der Waals surface area (Å²) in [5.74, 6) is 0.724. The number of aromatic nitrogens is 2. The van der Waals surface area contributed by atoms with Crippen molar-refractivity contribution >= 4 is 23.5 Å². The van der Waals surface area contributed by atoms with Gasteiger partial charge in [-0.05, 0) is 29.8 Å². The number of methoxy groups -OCH3 is 2. The molecule has 2 aromatic carbocycles. The molecule has 32 heavy (non-hydrogen) atoms. The first-order valence-electron chi connectivity index (χ1n) is 9.62. The predicted molar refractivity (Wildman–Crippen MR) is 115 cm³/mol. The number of nitrogens with one attached hydrogen (secondary N) is 1. The van der Waals surface area contributed by atoms with Gasteiger partial charge in [0.15, 0.2) is 6.61 Å². The smallest absolute Gasteiger partial charge is 0.308 e. The number of esters is 1. The van der Waals surface area contributed by atoms with E-state index in [-0.39, 0.29) is 30.7 Å². The average Bonchev–Trinajstić information content (AvgIpc) is 3.26. The monoisotopic (exact) mass is 459 g/mol. The van der Waals surface area contributed by atoms with E-state index in [0.717, 1.165) is 5.56 Å². The first-order chi connectivity index (χ1) is 15.4. The van der Waals surface area contributed by atoms with E-state index >= 15 is 0 Å². The standard InChI is InChI=1S/C22H22ClN3O6/c1-13(27)24-18(14-4-6-15(23)7-5-14)11-21(28)31-12-20-25-22(26-32-20)17-9-8-16(29-2)10-19(17)30-3/h4-10,18H,11-12H2,1-3H3,(H,24,27). The van der Waals surface area contributed by atoms with Crippen molar-refractivity contribution in [3.05, 3.63) is 58.9 Å². The van der Waals surface area contributed by atoms with E-state index in [9.17, 15) is 9.59 Å². The Balaban J connectivity index is 1.64. The van der Waals surface area contributed by atoms with Crippen molar-refractivity contribution in [2.24, 2.45) is 0 Å². The molecule has 0 fully saturated rings. The van der Waals surface area contributed by atoms with E-state index in [0.29, 0.717) is 22.1 Å². The van der Waals surface area contributed by atoms with Crippen LogP contribution in [0.4, 0.5) is 0 Å². The minimum Gasteiger partial charge on any atom is -0.497 e. The van der Waals surface area contributed by atoms with Crippen molar-refractivity contribution in [2.45, 2.75) is 26.0 Å². The van der Waals surface area contributed by atoms with Crippen LogP contribution >= 0.6 is 11.6 Å². The molecule has 1 unspecified atom stereocenters. The lowest BCUT2D eigenvalue weighted by Crippen LogP contribution is -2.28. The summed E-state index contributed by atoms with van der Waals surface area (Å²) in [6.07, 6.45) is -0.0749. The second-order valence-corrected chi connectivity index (χ2v) is 7.18. The Hall–Kier alpha value is -3.59. The fraction of sp³-hybridized carbons (Fsp3) is 0.273. The third-order valence-electron chi connectivity index (χ3n) is 4.49. The molecule has 0 saturated heterocycles. The van der Waals surface area contributed by atoms with Crippen molar-refractivity contribution in [3.63, 3.8) is 0 Å². The van der Waals surface area contributed by atoms with Crippen molar-refractivity contribution < 1.29 is 28.3 Å². The lowest BCUT2D eigenvalue weighted by molar-refractivity contribution is -0.146. The number of ether oxygens (including phenoxy) is 3. The van der Waals surface area contributed by atoms with Gasteiger partial charge in [-0.1, -0.05) is 28.9 Å². The summed E-state index contributed by atoms with van der Waals surface area (Å²) in [6.45, 7) is 1.17. The molecule has 3 rings (SSSR count). The van der Waals surface area contributed by atoms with E-state index in [4.69, 9.17) is 30.3 Å². The van der Waals surface area contributed by atoms with Crippen molar-refractivity contribution in [1.82, 2.24) is 15.5 Å². The number of nitrogens with zero attached hydrogens (tertiary/aromatic N) is 2. The molecular formula is C22H22ClN3O6. The van der Waals surface area contributed by atoms with E-state index < -0.39 is 12.0 Å². The molecule has 0 spiro atoms. The number of benzene rings is 2. The Bertz CT molecular complexity index is 1080. The van der Waals surface area contributed by atoms with Crippen molar-refractivity contribution in [2.75, 3.05) is 14.2 Å². The predicted octanol–water partition coefficient (Wildman–Crippen LogP) is 3.72. The van der Waals surface area contributed by atoms with Gasteiger partial charge in [0.25, 0.3) is 5.89 Å². The summed E-state index contributed by atoms with van der Waals surface area (Å²) < 4.78 is 21.0. The first kappa shape index (κ1) is 23.1. The molecule has 1 N–H and O–H groups in total. The van der Waals surface area contributed by atoms with Gasteiger partial charge in [0.05, 0.1) is 32.2 Å². The quantitative estimate of drug-likeness (QED) is 0.482. The van der Waals surface area contributed by atoms with Gasteiger partial charge >= 0.3 is 5.97 Å². The molecule has 0 aliphatic carbocycles. The minimum absolute atomic E-state index is 0.0749. The van der Waals surface area contributed by atoms with Gasteiger partial charge in [0, 0.05) is 18.0 Å². The number of carbonyl (C=O) groups is 2. The Kier molecular flexibility index (Phi) is 7.67. The van der Waals surface area contributed by atoms with Crippen LogP contribution in [-0.2, 0) is 20.9 Å². The Morgan fingerprint density at radius 1 is 1.12 bits per heavy atom. The molecule has 1 amide bonds. The number of rotatable bonds is 9. The van der Waals surface area contributed by atoms with Crippen LogP contribution in [-0.4, -0.2) is 36.2 Å². The van der Waals surface area contributed by atoms with Crippen molar-refractivity contribution in [1.29, 1.82) is 0 Å². The van der Waals surface area contributed by atoms with Crippen molar-refractivity contribution in [3.8, 4) is 22.9 Å². The molecule has 0 saturated carbocycles. The lowest BCUT2D eigenvalue weighted by Gasteiger charge is -2.17. The normalized spacial score (nSPS) is 11.5. The highest BCUT2D eigenvalue weighted by Crippen LogP contribution is 2.31. The molecule has 0 bridgehead atoms. The Labute approximate surface area is 189 Å². The summed E-state index contributed by atoms with van der Waals surface area (Å²) in [6, 6.07) is 11.5. The summed E-state index contributed by atoms with van der Waals surface area (Å²) in [7, 11) is 3.08. The number of amides is 1. The molecule has 0 aliphatic heterocycles. The van der Waals surface area contributed by atoms with Gasteiger partial charge in [0.1, 0.15) is 11.5 Å². The van der Waals surface area contributed by atoms with E-state index in [1.807, 2.05) is 0 Å². The summed E-state index contributed by atoms with van der Waals surface area (Å²) in [4.78, 5) is 28.2. The van der Waals surface area contributed by atoms with E-state index in [1.54, 1.807) is 49.6 Å². The molecule has 10 heteroatoms. The summed E-state index contributed by atoms with van der Waals surface area (Å²) >= 11 is 5.91. The fourth-order valence-electron chi connectivity index (χ4n) is 2.97. The van der Waals surface area contributed by atoms with Gasteiger partial charge in [-0.15, -0.1) is 0 Å². The third kappa shape index (κ3) is 5.98. The highest BCUT2D eigenvalue weighted by molar-refractivity contribution is 6.30. The fourth-order valence-corrected chi connectivity index (χ4v) is 3.09. The second-order valence-electron chi connectivity index (χ2n) is 6.75. The highest BCUT2D eigenvalue weighted by Gasteiger charge is 2.20. The van der Waals surface area contributed by atoms with Crippen LogP contribution in [0.2, 0.25) is 5.02 Å². The largest absolute Gasteiger partial charge is 0.497 e. The maximum absolute atomic E-state index is 12.4. The topological polar surface area (TPSA) is 113 Å². The second kappa shape index (κ2) is 10.6. The van der Waals surface area contributed by atoms with Crippen LogP contribution in [0.15, 0.2) is 47.0 Å². The number of hydrogen-bond donors (Lipinski definition) is 1. The Morgan fingerprint density at radius 3 is 2.53 bits per heavy atom. The Morgan fingerprint density at radius 2 is 1.88 bits per heavy atom. The molecule has 9 nitrogen and oxygen atoms in total. The zero-order valence-electron chi connectivity index (χ0n) is 17.8. The van der Waals surface area contributed by atoms with Crippen LogP contribution < -0.4 is 14.8 Å². The van der Waals surface area contributed by atoms with Gasteiger partial charge < -0.3 is 24.1 Å². The van der Waals surface area contributed by atoms with E-state index in [1.165, 1.54) is 14.0 Å². The molecule has 1 aromatic heterocycles. The molecule has 0 aliphatic rings.